The maximum atomic E-state index is 6.14. The van der Waals surface area contributed by atoms with Crippen LogP contribution in [0.1, 0.15) is 23.3 Å². The number of fused-ring (bicyclic) bond motifs is 3. The molecular formula is C23H21N3OS2. The summed E-state index contributed by atoms with van der Waals surface area (Å²) in [4.78, 5) is 12.2. The molecule has 146 valence electrons. The average Bonchev–Trinajstić information content (AvgIpc) is 3.14. The van der Waals surface area contributed by atoms with Crippen molar-refractivity contribution in [1.29, 1.82) is 0 Å². The van der Waals surface area contributed by atoms with E-state index in [0.29, 0.717) is 0 Å². The molecule has 4 aromatic rings. The highest BCUT2D eigenvalue weighted by molar-refractivity contribution is 7.98. The fraction of sp³-hybridized carbons (Fsp3) is 0.217. The van der Waals surface area contributed by atoms with Crippen LogP contribution in [0.3, 0.4) is 0 Å². The summed E-state index contributed by atoms with van der Waals surface area (Å²) in [6.45, 7) is 0. The maximum absolute atomic E-state index is 6.14. The number of benzene rings is 2. The summed E-state index contributed by atoms with van der Waals surface area (Å²) in [6, 6.07) is 17.9. The van der Waals surface area contributed by atoms with E-state index in [9.17, 15) is 0 Å². The lowest BCUT2D eigenvalue weighted by Gasteiger charge is -2.15. The molecule has 29 heavy (non-hydrogen) atoms. The summed E-state index contributed by atoms with van der Waals surface area (Å²) in [7, 11) is 0. The summed E-state index contributed by atoms with van der Waals surface area (Å²) in [5.74, 6) is 2.47. The molecule has 0 saturated heterocycles. The molecule has 0 spiro atoms. The molecule has 1 aliphatic rings. The van der Waals surface area contributed by atoms with Crippen LogP contribution in [-0.2, 0) is 12.8 Å². The van der Waals surface area contributed by atoms with Crippen LogP contribution in [0.4, 0.5) is 11.5 Å². The number of anilines is 2. The van der Waals surface area contributed by atoms with Gasteiger partial charge in [-0.2, -0.15) is 0 Å². The zero-order valence-electron chi connectivity index (χ0n) is 16.1. The maximum Gasteiger partial charge on any atom is 0.190 e. The number of hydrogen-bond donors (Lipinski definition) is 1. The fourth-order valence-electron chi connectivity index (χ4n) is 3.72. The second-order valence-corrected chi connectivity index (χ2v) is 8.84. The zero-order chi connectivity index (χ0) is 19.6. The molecule has 1 aliphatic carbocycles. The molecule has 2 aromatic heterocycles. The summed E-state index contributed by atoms with van der Waals surface area (Å²) in [5, 5.41) is 5.53. The van der Waals surface area contributed by atoms with Gasteiger partial charge in [-0.1, -0.05) is 42.1 Å². The van der Waals surface area contributed by atoms with Crippen molar-refractivity contribution in [2.45, 2.75) is 30.8 Å². The smallest absolute Gasteiger partial charge is 0.190 e. The minimum Gasteiger partial charge on any atom is -0.455 e. The number of hydrogen-bond acceptors (Lipinski definition) is 6. The average molecular weight is 420 g/mol. The Morgan fingerprint density at radius 3 is 2.62 bits per heavy atom. The first kappa shape index (κ1) is 18.5. The largest absolute Gasteiger partial charge is 0.455 e. The van der Waals surface area contributed by atoms with Gasteiger partial charge in [-0.05, 0) is 61.8 Å². The molecule has 0 saturated carbocycles. The molecule has 1 N–H and O–H groups in total. The third kappa shape index (κ3) is 3.70. The zero-order valence-corrected chi connectivity index (χ0v) is 17.8. The Morgan fingerprint density at radius 1 is 0.966 bits per heavy atom. The van der Waals surface area contributed by atoms with Gasteiger partial charge in [0, 0.05) is 4.88 Å². The van der Waals surface area contributed by atoms with Gasteiger partial charge in [-0.15, -0.1) is 11.3 Å². The molecule has 2 aromatic carbocycles. The number of aromatic nitrogens is 2. The monoisotopic (exact) mass is 419 g/mol. The SMILES string of the molecule is CSc1nc(Nc2ccccc2Oc2ccccc2)c2c3c(sc2n1)CCCC3. The number of rotatable bonds is 5. The van der Waals surface area contributed by atoms with Gasteiger partial charge in [-0.3, -0.25) is 0 Å². The van der Waals surface area contributed by atoms with E-state index in [4.69, 9.17) is 14.7 Å². The van der Waals surface area contributed by atoms with E-state index < -0.39 is 0 Å². The Balaban J connectivity index is 1.58. The third-order valence-corrected chi connectivity index (χ3v) is 6.82. The fourth-order valence-corrected chi connectivity index (χ4v) is 5.41. The minimum absolute atomic E-state index is 0.778. The molecule has 0 aliphatic heterocycles. The molecule has 0 atom stereocenters. The van der Waals surface area contributed by atoms with Crippen molar-refractivity contribution in [3.05, 3.63) is 65.0 Å². The van der Waals surface area contributed by atoms with Gasteiger partial charge in [0.1, 0.15) is 16.4 Å². The second kappa shape index (κ2) is 8.05. The molecule has 2 heterocycles. The predicted octanol–water partition coefficient (Wildman–Crippen LogP) is 6.83. The van der Waals surface area contributed by atoms with Crippen LogP contribution in [0.25, 0.3) is 10.2 Å². The first-order chi connectivity index (χ1) is 14.3. The van der Waals surface area contributed by atoms with Crippen LogP contribution >= 0.6 is 23.1 Å². The van der Waals surface area contributed by atoms with Gasteiger partial charge in [0.15, 0.2) is 10.9 Å². The van der Waals surface area contributed by atoms with Crippen molar-refractivity contribution < 1.29 is 4.74 Å². The predicted molar refractivity (Wildman–Crippen MR) is 122 cm³/mol. The Labute approximate surface area is 178 Å². The topological polar surface area (TPSA) is 47.0 Å². The minimum atomic E-state index is 0.778. The van der Waals surface area contributed by atoms with Crippen molar-refractivity contribution in [2.24, 2.45) is 0 Å². The summed E-state index contributed by atoms with van der Waals surface area (Å²) in [6.07, 6.45) is 6.77. The number of para-hydroxylation sites is 3. The Morgan fingerprint density at radius 2 is 1.76 bits per heavy atom. The van der Waals surface area contributed by atoms with Crippen molar-refractivity contribution in [2.75, 3.05) is 11.6 Å². The van der Waals surface area contributed by atoms with E-state index in [0.717, 1.165) is 45.8 Å². The van der Waals surface area contributed by atoms with E-state index >= 15 is 0 Å². The number of nitrogens with zero attached hydrogens (tertiary/aromatic N) is 2. The Hall–Kier alpha value is -2.57. The van der Waals surface area contributed by atoms with Crippen molar-refractivity contribution in [3.8, 4) is 11.5 Å². The summed E-state index contributed by atoms with van der Waals surface area (Å²) in [5.41, 5.74) is 2.33. The second-order valence-electron chi connectivity index (χ2n) is 6.99. The van der Waals surface area contributed by atoms with Crippen LogP contribution in [0.15, 0.2) is 59.8 Å². The van der Waals surface area contributed by atoms with E-state index in [1.54, 1.807) is 11.8 Å². The van der Waals surface area contributed by atoms with Crippen molar-refractivity contribution in [3.63, 3.8) is 0 Å². The van der Waals surface area contributed by atoms with Gasteiger partial charge in [0.25, 0.3) is 0 Å². The summed E-state index contributed by atoms with van der Waals surface area (Å²) >= 11 is 3.40. The molecule has 6 heteroatoms. The molecule has 0 fully saturated rings. The highest BCUT2D eigenvalue weighted by Gasteiger charge is 2.21. The number of thiophene rings is 1. The van der Waals surface area contributed by atoms with E-state index in [1.807, 2.05) is 72.2 Å². The van der Waals surface area contributed by atoms with E-state index in [-0.39, 0.29) is 0 Å². The van der Waals surface area contributed by atoms with Crippen LogP contribution in [0.5, 0.6) is 11.5 Å². The number of nitrogens with one attached hydrogen (secondary N) is 1. The first-order valence-corrected chi connectivity index (χ1v) is 11.8. The molecule has 4 nitrogen and oxygen atoms in total. The Bertz CT molecular complexity index is 1160. The van der Waals surface area contributed by atoms with Crippen LogP contribution in [0.2, 0.25) is 0 Å². The van der Waals surface area contributed by atoms with Crippen LogP contribution < -0.4 is 10.1 Å². The third-order valence-electron chi connectivity index (χ3n) is 5.09. The molecular weight excluding hydrogens is 398 g/mol. The van der Waals surface area contributed by atoms with Crippen LogP contribution in [0, 0.1) is 0 Å². The van der Waals surface area contributed by atoms with E-state index in [2.05, 4.69) is 5.32 Å². The van der Waals surface area contributed by atoms with Gasteiger partial charge in [0.2, 0.25) is 0 Å². The quantitative estimate of drug-likeness (QED) is 0.284. The van der Waals surface area contributed by atoms with Crippen molar-refractivity contribution in [1.82, 2.24) is 9.97 Å². The molecule has 0 unspecified atom stereocenters. The standard InChI is InChI=1S/C23H21N3OS2/c1-28-23-25-21(20-16-11-5-8-14-19(16)29-22(20)26-23)24-17-12-6-7-13-18(17)27-15-9-3-2-4-10-15/h2-4,6-7,9-10,12-13H,5,8,11,14H2,1H3,(H,24,25,26). The lowest BCUT2D eigenvalue weighted by Crippen LogP contribution is -2.02. The highest BCUT2D eigenvalue weighted by Crippen LogP contribution is 2.41. The Kier molecular flexibility index (Phi) is 5.12. The van der Waals surface area contributed by atoms with Gasteiger partial charge < -0.3 is 10.1 Å². The number of ether oxygens (including phenoxy) is 1. The van der Waals surface area contributed by atoms with Crippen LogP contribution in [-0.4, -0.2) is 16.2 Å². The lowest BCUT2D eigenvalue weighted by atomic mass is 9.97. The molecule has 0 amide bonds. The lowest BCUT2D eigenvalue weighted by molar-refractivity contribution is 0.485. The molecule has 5 rings (SSSR count). The first-order valence-electron chi connectivity index (χ1n) is 9.77. The molecule has 0 bridgehead atoms. The van der Waals surface area contributed by atoms with Gasteiger partial charge in [0.05, 0.1) is 11.1 Å². The summed E-state index contributed by atoms with van der Waals surface area (Å²) < 4.78 is 6.14. The number of thioether (sulfide) groups is 1. The van der Waals surface area contributed by atoms with Gasteiger partial charge >= 0.3 is 0 Å². The normalized spacial score (nSPS) is 13.3. The van der Waals surface area contributed by atoms with Gasteiger partial charge in [-0.25, -0.2) is 9.97 Å². The highest BCUT2D eigenvalue weighted by atomic mass is 32.2. The van der Waals surface area contributed by atoms with E-state index in [1.165, 1.54) is 28.7 Å². The molecule has 0 radical (unpaired) electrons. The van der Waals surface area contributed by atoms with Crippen molar-refractivity contribution >= 4 is 44.8 Å². The number of aryl methyl sites for hydroxylation is 2.